The summed E-state index contributed by atoms with van der Waals surface area (Å²) in [5.41, 5.74) is 3.59. The lowest BCUT2D eigenvalue weighted by Crippen LogP contribution is -2.39. The van der Waals surface area contributed by atoms with Gasteiger partial charge in [-0.1, -0.05) is 35.9 Å². The van der Waals surface area contributed by atoms with Crippen molar-refractivity contribution in [3.63, 3.8) is 0 Å². The van der Waals surface area contributed by atoms with Crippen LogP contribution < -0.4 is 4.90 Å². The molecule has 0 aliphatic carbocycles. The quantitative estimate of drug-likeness (QED) is 0.818. The molecule has 0 fully saturated rings. The standard InChI is InChI=1S/C19H19NO3/c1-13-7-9-16(10-8-13)19(22)23-14(2)18(21)20-12-11-15-5-3-4-6-17(15)20/h3-10,14H,11-12H2,1-2H3/t14-/m1/s1. The fraction of sp³-hybridized carbons (Fsp3) is 0.263. The van der Waals surface area contributed by atoms with E-state index < -0.39 is 12.1 Å². The van der Waals surface area contributed by atoms with Gasteiger partial charge in [0, 0.05) is 12.2 Å². The largest absolute Gasteiger partial charge is 0.449 e. The molecule has 0 spiro atoms. The zero-order valence-corrected chi connectivity index (χ0v) is 13.3. The van der Waals surface area contributed by atoms with Crippen molar-refractivity contribution < 1.29 is 14.3 Å². The SMILES string of the molecule is Cc1ccc(C(=O)O[C@H](C)C(=O)N2CCc3ccccc32)cc1. The fourth-order valence-corrected chi connectivity index (χ4v) is 2.76. The first kappa shape index (κ1) is 15.3. The summed E-state index contributed by atoms with van der Waals surface area (Å²) in [6.45, 7) is 4.20. The monoisotopic (exact) mass is 309 g/mol. The third-order valence-corrected chi connectivity index (χ3v) is 4.07. The molecule has 2 aromatic carbocycles. The van der Waals surface area contributed by atoms with E-state index in [9.17, 15) is 9.59 Å². The van der Waals surface area contributed by atoms with Crippen LogP contribution in [-0.4, -0.2) is 24.5 Å². The van der Waals surface area contributed by atoms with Gasteiger partial charge in [0.05, 0.1) is 5.56 Å². The first-order chi connectivity index (χ1) is 11.1. The molecule has 23 heavy (non-hydrogen) atoms. The second-order valence-electron chi connectivity index (χ2n) is 5.78. The van der Waals surface area contributed by atoms with Crippen LogP contribution in [0, 0.1) is 6.92 Å². The Morgan fingerprint density at radius 1 is 1.09 bits per heavy atom. The van der Waals surface area contributed by atoms with E-state index >= 15 is 0 Å². The van der Waals surface area contributed by atoms with E-state index in [1.54, 1.807) is 24.0 Å². The number of benzene rings is 2. The van der Waals surface area contributed by atoms with Gasteiger partial charge in [0.15, 0.2) is 6.10 Å². The molecule has 1 aliphatic heterocycles. The van der Waals surface area contributed by atoms with Crippen molar-refractivity contribution in [2.24, 2.45) is 0 Å². The molecular formula is C19H19NO3. The van der Waals surface area contributed by atoms with Gasteiger partial charge in [-0.3, -0.25) is 4.79 Å². The highest BCUT2D eigenvalue weighted by molar-refractivity contribution is 6.00. The summed E-state index contributed by atoms with van der Waals surface area (Å²) in [6.07, 6.45) is 0.0236. The smallest absolute Gasteiger partial charge is 0.338 e. The number of amides is 1. The lowest BCUT2D eigenvalue weighted by atomic mass is 10.1. The maximum Gasteiger partial charge on any atom is 0.338 e. The Bertz CT molecular complexity index is 737. The summed E-state index contributed by atoms with van der Waals surface area (Å²) in [6, 6.07) is 14.9. The Balaban J connectivity index is 1.69. The van der Waals surface area contributed by atoms with E-state index in [4.69, 9.17) is 4.74 Å². The van der Waals surface area contributed by atoms with Crippen LogP contribution >= 0.6 is 0 Å². The number of ether oxygens (including phenoxy) is 1. The lowest BCUT2D eigenvalue weighted by Gasteiger charge is -2.21. The minimum atomic E-state index is -0.810. The Labute approximate surface area is 135 Å². The van der Waals surface area contributed by atoms with Crippen molar-refractivity contribution in [1.82, 2.24) is 0 Å². The number of carbonyl (C=O) groups is 2. The van der Waals surface area contributed by atoms with E-state index in [2.05, 4.69) is 0 Å². The molecule has 1 heterocycles. The Kier molecular flexibility index (Phi) is 4.15. The minimum Gasteiger partial charge on any atom is -0.449 e. The highest BCUT2D eigenvalue weighted by Crippen LogP contribution is 2.28. The Hall–Kier alpha value is -2.62. The molecule has 1 aliphatic rings. The summed E-state index contributed by atoms with van der Waals surface area (Å²) in [7, 11) is 0. The van der Waals surface area contributed by atoms with Crippen molar-refractivity contribution in [3.05, 3.63) is 65.2 Å². The Morgan fingerprint density at radius 3 is 2.52 bits per heavy atom. The first-order valence-corrected chi connectivity index (χ1v) is 7.73. The molecule has 0 unspecified atom stereocenters. The number of rotatable bonds is 3. The van der Waals surface area contributed by atoms with Crippen molar-refractivity contribution in [1.29, 1.82) is 0 Å². The van der Waals surface area contributed by atoms with Crippen LogP contribution in [0.1, 0.15) is 28.4 Å². The van der Waals surface area contributed by atoms with Crippen molar-refractivity contribution in [2.45, 2.75) is 26.4 Å². The molecule has 1 atom stereocenters. The molecule has 3 rings (SSSR count). The van der Waals surface area contributed by atoms with E-state index in [0.29, 0.717) is 12.1 Å². The van der Waals surface area contributed by atoms with Crippen molar-refractivity contribution >= 4 is 17.6 Å². The molecule has 4 heteroatoms. The normalized spacial score (nSPS) is 14.3. The molecule has 1 amide bonds. The van der Waals surface area contributed by atoms with Crippen LogP contribution in [0.15, 0.2) is 48.5 Å². The zero-order chi connectivity index (χ0) is 16.4. The molecular weight excluding hydrogens is 290 g/mol. The summed E-state index contributed by atoms with van der Waals surface area (Å²) < 4.78 is 5.34. The predicted octanol–water partition coefficient (Wildman–Crippen LogP) is 3.13. The summed E-state index contributed by atoms with van der Waals surface area (Å²) in [5.74, 6) is -0.659. The molecule has 4 nitrogen and oxygen atoms in total. The van der Waals surface area contributed by atoms with Gasteiger partial charge < -0.3 is 9.64 Å². The van der Waals surface area contributed by atoms with Crippen LogP contribution in [0.25, 0.3) is 0 Å². The van der Waals surface area contributed by atoms with Gasteiger partial charge in [0.1, 0.15) is 0 Å². The van der Waals surface area contributed by atoms with E-state index in [0.717, 1.165) is 23.2 Å². The second-order valence-corrected chi connectivity index (χ2v) is 5.78. The highest BCUT2D eigenvalue weighted by Gasteiger charge is 2.29. The predicted molar refractivity (Wildman–Crippen MR) is 88.6 cm³/mol. The van der Waals surface area contributed by atoms with Gasteiger partial charge >= 0.3 is 5.97 Å². The fourth-order valence-electron chi connectivity index (χ4n) is 2.76. The molecule has 0 saturated heterocycles. The number of para-hydroxylation sites is 1. The van der Waals surface area contributed by atoms with Crippen molar-refractivity contribution in [3.8, 4) is 0 Å². The molecule has 0 bridgehead atoms. The van der Waals surface area contributed by atoms with Crippen LogP contribution in [0.5, 0.6) is 0 Å². The number of hydrogen-bond acceptors (Lipinski definition) is 3. The third kappa shape index (κ3) is 3.11. The van der Waals surface area contributed by atoms with Crippen LogP contribution in [0.4, 0.5) is 5.69 Å². The average Bonchev–Trinajstić information content (AvgIpc) is 2.98. The third-order valence-electron chi connectivity index (χ3n) is 4.07. The van der Waals surface area contributed by atoms with E-state index in [1.165, 1.54) is 0 Å². The summed E-state index contributed by atoms with van der Waals surface area (Å²) >= 11 is 0. The first-order valence-electron chi connectivity index (χ1n) is 7.73. The summed E-state index contributed by atoms with van der Waals surface area (Å²) in [4.78, 5) is 26.4. The number of fused-ring (bicyclic) bond motifs is 1. The van der Waals surface area contributed by atoms with Gasteiger partial charge in [-0.05, 0) is 44.0 Å². The number of carbonyl (C=O) groups excluding carboxylic acids is 2. The Morgan fingerprint density at radius 2 is 1.78 bits per heavy atom. The zero-order valence-electron chi connectivity index (χ0n) is 13.3. The number of aryl methyl sites for hydroxylation is 1. The molecule has 0 aromatic heterocycles. The lowest BCUT2D eigenvalue weighted by molar-refractivity contribution is -0.126. The van der Waals surface area contributed by atoms with E-state index in [1.807, 2.05) is 43.3 Å². The number of hydrogen-bond donors (Lipinski definition) is 0. The van der Waals surface area contributed by atoms with Gasteiger partial charge in [0.2, 0.25) is 0 Å². The molecule has 2 aromatic rings. The van der Waals surface area contributed by atoms with Gasteiger partial charge in [-0.2, -0.15) is 0 Å². The maximum absolute atomic E-state index is 12.6. The van der Waals surface area contributed by atoms with Crippen LogP contribution in [0.2, 0.25) is 0 Å². The average molecular weight is 309 g/mol. The van der Waals surface area contributed by atoms with Gasteiger partial charge in [0.25, 0.3) is 5.91 Å². The molecule has 0 N–H and O–H groups in total. The highest BCUT2D eigenvalue weighted by atomic mass is 16.5. The number of anilines is 1. The van der Waals surface area contributed by atoms with Gasteiger partial charge in [-0.25, -0.2) is 4.79 Å². The second kappa shape index (κ2) is 6.24. The molecule has 0 radical (unpaired) electrons. The van der Waals surface area contributed by atoms with Gasteiger partial charge in [-0.15, -0.1) is 0 Å². The number of nitrogens with zero attached hydrogens (tertiary/aromatic N) is 1. The molecule has 118 valence electrons. The van der Waals surface area contributed by atoms with Crippen molar-refractivity contribution in [2.75, 3.05) is 11.4 Å². The van der Waals surface area contributed by atoms with Crippen LogP contribution in [0.3, 0.4) is 0 Å². The molecule has 0 saturated carbocycles. The summed E-state index contributed by atoms with van der Waals surface area (Å²) in [5, 5.41) is 0. The minimum absolute atomic E-state index is 0.185. The van der Waals surface area contributed by atoms with Crippen LogP contribution in [-0.2, 0) is 16.0 Å². The van der Waals surface area contributed by atoms with E-state index in [-0.39, 0.29) is 5.91 Å². The topological polar surface area (TPSA) is 46.6 Å². The number of esters is 1. The maximum atomic E-state index is 12.6.